The summed E-state index contributed by atoms with van der Waals surface area (Å²) >= 11 is 0. The molecule has 13 heteroatoms. The number of rotatable bonds is 4. The first-order chi connectivity index (χ1) is 14.9. The van der Waals surface area contributed by atoms with E-state index in [9.17, 15) is 23.2 Å². The fourth-order valence-electron chi connectivity index (χ4n) is 2.95. The Bertz CT molecular complexity index is 1030. The van der Waals surface area contributed by atoms with Gasteiger partial charge in [-0.2, -0.15) is 4.98 Å². The fraction of sp³-hybridized carbons (Fsp3) is 0.526. The molecule has 174 valence electrons. The molecule has 3 atom stereocenters. The van der Waals surface area contributed by atoms with Crippen molar-refractivity contribution in [2.45, 2.75) is 51.6 Å². The van der Waals surface area contributed by atoms with Gasteiger partial charge in [0.25, 0.3) is 5.92 Å². The highest BCUT2D eigenvalue weighted by atomic mass is 19.3. The zero-order valence-electron chi connectivity index (χ0n) is 17.8. The van der Waals surface area contributed by atoms with Gasteiger partial charge in [-0.3, -0.25) is 9.88 Å². The third-order valence-corrected chi connectivity index (χ3v) is 4.60. The highest BCUT2D eigenvalue weighted by molar-refractivity contribution is 5.83. The SMILES string of the molecule is C[C@H]1[C@@H](COC(=O)n2ccnc2)O[C@@H](n2ccc(NC(=O)OC(C)(C)C)nc2=O)C1(F)F. The van der Waals surface area contributed by atoms with E-state index < -0.39 is 54.3 Å². The van der Waals surface area contributed by atoms with Crippen LogP contribution in [0.4, 0.5) is 24.2 Å². The maximum Gasteiger partial charge on any atom is 0.419 e. The average molecular weight is 455 g/mol. The summed E-state index contributed by atoms with van der Waals surface area (Å²) in [6.45, 7) is 5.74. The highest BCUT2D eigenvalue weighted by Gasteiger charge is 2.58. The van der Waals surface area contributed by atoms with Crippen LogP contribution in [0.25, 0.3) is 0 Å². The lowest BCUT2D eigenvalue weighted by molar-refractivity contribution is -0.127. The molecule has 3 heterocycles. The summed E-state index contributed by atoms with van der Waals surface area (Å²) in [4.78, 5) is 43.4. The third-order valence-electron chi connectivity index (χ3n) is 4.60. The Morgan fingerprint density at radius 1 is 1.31 bits per heavy atom. The van der Waals surface area contributed by atoms with E-state index in [1.165, 1.54) is 31.7 Å². The smallest absolute Gasteiger partial charge is 0.419 e. The van der Waals surface area contributed by atoms with Crippen molar-refractivity contribution in [3.8, 4) is 0 Å². The molecule has 1 saturated heterocycles. The summed E-state index contributed by atoms with van der Waals surface area (Å²) in [7, 11) is 0. The van der Waals surface area contributed by atoms with Crippen LogP contribution in [-0.2, 0) is 14.2 Å². The van der Waals surface area contributed by atoms with E-state index in [0.29, 0.717) is 4.57 Å². The summed E-state index contributed by atoms with van der Waals surface area (Å²) in [6.07, 6.45) is 0.153. The van der Waals surface area contributed by atoms with E-state index in [0.717, 1.165) is 10.8 Å². The topological polar surface area (TPSA) is 127 Å². The lowest BCUT2D eigenvalue weighted by atomic mass is 10.00. The lowest BCUT2D eigenvalue weighted by Gasteiger charge is -2.22. The number of anilines is 1. The molecule has 2 aromatic rings. The number of aromatic nitrogens is 4. The number of halogens is 2. The Balaban J connectivity index is 1.70. The number of carbonyl (C=O) groups is 2. The van der Waals surface area contributed by atoms with Gasteiger partial charge in [0.05, 0.1) is 5.92 Å². The van der Waals surface area contributed by atoms with Crippen LogP contribution in [0.3, 0.4) is 0 Å². The molecule has 0 aliphatic carbocycles. The molecular formula is C19H23F2N5O6. The molecule has 11 nitrogen and oxygen atoms in total. The van der Waals surface area contributed by atoms with E-state index in [1.54, 1.807) is 20.8 Å². The van der Waals surface area contributed by atoms with Crippen molar-refractivity contribution in [2.75, 3.05) is 11.9 Å². The van der Waals surface area contributed by atoms with Crippen molar-refractivity contribution in [3.63, 3.8) is 0 Å². The molecule has 0 spiro atoms. The van der Waals surface area contributed by atoms with E-state index in [4.69, 9.17) is 14.2 Å². The minimum Gasteiger partial charge on any atom is -0.446 e. The molecule has 0 bridgehead atoms. The minimum atomic E-state index is -3.46. The van der Waals surface area contributed by atoms with E-state index in [2.05, 4.69) is 15.3 Å². The molecule has 3 rings (SSSR count). The van der Waals surface area contributed by atoms with Gasteiger partial charge < -0.3 is 14.2 Å². The summed E-state index contributed by atoms with van der Waals surface area (Å²) in [5, 5.41) is 2.26. The summed E-state index contributed by atoms with van der Waals surface area (Å²) in [5.41, 5.74) is -1.84. The Labute approximate surface area is 181 Å². The van der Waals surface area contributed by atoms with Crippen LogP contribution in [0.2, 0.25) is 0 Å². The molecule has 1 fully saturated rings. The van der Waals surface area contributed by atoms with Crippen molar-refractivity contribution in [1.29, 1.82) is 0 Å². The molecule has 0 aromatic carbocycles. The predicted octanol–water partition coefficient (Wildman–Crippen LogP) is 2.64. The van der Waals surface area contributed by atoms with Gasteiger partial charge >= 0.3 is 17.9 Å². The van der Waals surface area contributed by atoms with E-state index in [-0.39, 0.29) is 5.82 Å². The zero-order chi connectivity index (χ0) is 23.7. The first-order valence-electron chi connectivity index (χ1n) is 9.66. The second-order valence-electron chi connectivity index (χ2n) is 8.17. The minimum absolute atomic E-state index is 0.166. The number of carbonyl (C=O) groups excluding carboxylic acids is 2. The molecule has 1 N–H and O–H groups in total. The van der Waals surface area contributed by atoms with Crippen LogP contribution >= 0.6 is 0 Å². The van der Waals surface area contributed by atoms with Crippen molar-refractivity contribution in [1.82, 2.24) is 19.1 Å². The average Bonchev–Trinajstić information content (AvgIpc) is 3.28. The molecule has 1 aliphatic rings. The van der Waals surface area contributed by atoms with Crippen molar-refractivity contribution < 1.29 is 32.6 Å². The van der Waals surface area contributed by atoms with Gasteiger partial charge in [-0.1, -0.05) is 6.92 Å². The number of nitrogens with zero attached hydrogens (tertiary/aromatic N) is 4. The summed E-state index contributed by atoms with van der Waals surface area (Å²) in [5.74, 6) is -4.99. The monoisotopic (exact) mass is 455 g/mol. The maximum absolute atomic E-state index is 14.9. The number of hydrogen-bond donors (Lipinski definition) is 1. The van der Waals surface area contributed by atoms with E-state index >= 15 is 0 Å². The number of amides is 1. The number of alkyl halides is 2. The maximum atomic E-state index is 14.9. The normalized spacial score (nSPS) is 22.4. The molecule has 0 radical (unpaired) electrons. The van der Waals surface area contributed by atoms with Crippen LogP contribution < -0.4 is 11.0 Å². The van der Waals surface area contributed by atoms with E-state index in [1.807, 2.05) is 0 Å². The van der Waals surface area contributed by atoms with Crippen molar-refractivity contribution in [2.24, 2.45) is 5.92 Å². The molecular weight excluding hydrogens is 432 g/mol. The highest BCUT2D eigenvalue weighted by Crippen LogP contribution is 2.46. The number of nitrogens with one attached hydrogen (secondary N) is 1. The predicted molar refractivity (Wildman–Crippen MR) is 105 cm³/mol. The molecule has 1 aliphatic heterocycles. The van der Waals surface area contributed by atoms with Gasteiger partial charge in [-0.25, -0.2) is 32.7 Å². The fourth-order valence-corrected chi connectivity index (χ4v) is 2.95. The quantitative estimate of drug-likeness (QED) is 0.746. The van der Waals surface area contributed by atoms with Crippen molar-refractivity contribution >= 4 is 18.0 Å². The number of imidazole rings is 1. The second kappa shape index (κ2) is 8.65. The Morgan fingerprint density at radius 2 is 2.03 bits per heavy atom. The summed E-state index contributed by atoms with van der Waals surface area (Å²) in [6, 6.07) is 1.17. The van der Waals surface area contributed by atoms with Gasteiger partial charge in [0.2, 0.25) is 6.23 Å². The Morgan fingerprint density at radius 3 is 2.62 bits per heavy atom. The van der Waals surface area contributed by atoms with Crippen LogP contribution in [0.1, 0.15) is 33.9 Å². The largest absolute Gasteiger partial charge is 0.446 e. The van der Waals surface area contributed by atoms with Crippen LogP contribution in [0.15, 0.2) is 35.8 Å². The standard InChI is InChI=1S/C19H23F2N5O6/c1-11-12(9-30-17(29)25-8-6-22-10-25)31-14(19(11,20)21)26-7-5-13(23-15(26)27)24-16(28)32-18(2,3)4/h5-8,10-12,14H,9H2,1-4H3,(H,23,24,27,28)/t11-,12+,14+/m0/s1. The van der Waals surface area contributed by atoms with Crippen molar-refractivity contribution in [3.05, 3.63) is 41.5 Å². The Hall–Kier alpha value is -3.35. The first-order valence-corrected chi connectivity index (χ1v) is 9.66. The van der Waals surface area contributed by atoms with Gasteiger partial charge in [-0.15, -0.1) is 0 Å². The van der Waals surface area contributed by atoms with Gasteiger partial charge in [0.1, 0.15) is 30.5 Å². The summed E-state index contributed by atoms with van der Waals surface area (Å²) < 4.78 is 46.8. The van der Waals surface area contributed by atoms with Gasteiger partial charge in [-0.05, 0) is 26.8 Å². The van der Waals surface area contributed by atoms with Gasteiger partial charge in [0, 0.05) is 18.6 Å². The Kier molecular flexibility index (Phi) is 6.30. The van der Waals surface area contributed by atoms with Crippen LogP contribution in [-0.4, -0.2) is 55.5 Å². The lowest BCUT2D eigenvalue weighted by Crippen LogP contribution is -2.38. The second-order valence-corrected chi connectivity index (χ2v) is 8.17. The molecule has 1 amide bonds. The van der Waals surface area contributed by atoms with Crippen LogP contribution in [0.5, 0.6) is 0 Å². The molecule has 32 heavy (non-hydrogen) atoms. The van der Waals surface area contributed by atoms with Gasteiger partial charge in [0.15, 0.2) is 0 Å². The molecule has 2 aromatic heterocycles. The molecule has 0 unspecified atom stereocenters. The number of ether oxygens (including phenoxy) is 3. The first kappa shape index (κ1) is 23.3. The molecule has 0 saturated carbocycles. The van der Waals surface area contributed by atoms with Crippen LogP contribution in [0, 0.1) is 5.92 Å². The zero-order valence-corrected chi connectivity index (χ0v) is 17.8. The third kappa shape index (κ3) is 5.10. The number of hydrogen-bond acceptors (Lipinski definition) is 8.